The van der Waals surface area contributed by atoms with Gasteiger partial charge in [0, 0.05) is 26.6 Å². The minimum absolute atomic E-state index is 0.0412. The molecule has 1 aromatic carbocycles. The molecule has 1 atom stereocenters. The Balaban J connectivity index is 1.79. The number of hydrogen-bond acceptors (Lipinski definition) is 4. The van der Waals surface area contributed by atoms with Crippen molar-refractivity contribution in [3.05, 3.63) is 24.3 Å². The summed E-state index contributed by atoms with van der Waals surface area (Å²) < 4.78 is 5.50. The highest BCUT2D eigenvalue weighted by atomic mass is 16.5. The monoisotopic (exact) mass is 319 g/mol. The fourth-order valence-corrected chi connectivity index (χ4v) is 2.78. The summed E-state index contributed by atoms with van der Waals surface area (Å²) in [6.45, 7) is 4.72. The van der Waals surface area contributed by atoms with Crippen LogP contribution in [0.2, 0.25) is 0 Å². The van der Waals surface area contributed by atoms with E-state index >= 15 is 0 Å². The van der Waals surface area contributed by atoms with E-state index in [1.807, 2.05) is 31.2 Å². The van der Waals surface area contributed by atoms with Crippen molar-refractivity contribution in [2.75, 3.05) is 38.6 Å². The predicted molar refractivity (Wildman–Crippen MR) is 89.5 cm³/mol. The molecule has 1 aliphatic rings. The van der Waals surface area contributed by atoms with Crippen molar-refractivity contribution in [1.82, 2.24) is 10.2 Å². The number of benzene rings is 1. The maximum Gasteiger partial charge on any atom is 0.225 e. The van der Waals surface area contributed by atoms with Crippen molar-refractivity contribution in [2.45, 2.75) is 19.8 Å². The summed E-state index contributed by atoms with van der Waals surface area (Å²) >= 11 is 0. The first-order valence-electron chi connectivity index (χ1n) is 8.09. The Morgan fingerprint density at radius 1 is 1.35 bits per heavy atom. The van der Waals surface area contributed by atoms with Gasteiger partial charge in [-0.15, -0.1) is 0 Å². The van der Waals surface area contributed by atoms with Crippen LogP contribution >= 0.6 is 0 Å². The Kier molecular flexibility index (Phi) is 6.40. The SMILES string of the molecule is CCOc1ccccc1NC(=O)CCN1CCC(C(=O)NC)C1. The zero-order valence-electron chi connectivity index (χ0n) is 13.8. The number of likely N-dealkylation sites (tertiary alicyclic amines) is 1. The smallest absolute Gasteiger partial charge is 0.225 e. The Hall–Kier alpha value is -2.08. The average Bonchev–Trinajstić information content (AvgIpc) is 3.03. The van der Waals surface area contributed by atoms with Gasteiger partial charge >= 0.3 is 0 Å². The van der Waals surface area contributed by atoms with E-state index in [0.29, 0.717) is 31.0 Å². The quantitative estimate of drug-likeness (QED) is 0.799. The van der Waals surface area contributed by atoms with E-state index in [4.69, 9.17) is 4.74 Å². The Morgan fingerprint density at radius 3 is 2.87 bits per heavy atom. The Morgan fingerprint density at radius 2 is 2.13 bits per heavy atom. The zero-order valence-corrected chi connectivity index (χ0v) is 13.8. The van der Waals surface area contributed by atoms with Gasteiger partial charge in [0.25, 0.3) is 0 Å². The van der Waals surface area contributed by atoms with Crippen LogP contribution in [0.15, 0.2) is 24.3 Å². The number of rotatable bonds is 7. The number of amides is 2. The molecule has 126 valence electrons. The Labute approximate surface area is 137 Å². The summed E-state index contributed by atoms with van der Waals surface area (Å²) in [4.78, 5) is 25.9. The third-order valence-electron chi connectivity index (χ3n) is 4.01. The molecule has 0 bridgehead atoms. The summed E-state index contributed by atoms with van der Waals surface area (Å²) in [5, 5.41) is 5.58. The van der Waals surface area contributed by atoms with Crippen LogP contribution in [0.3, 0.4) is 0 Å². The summed E-state index contributed by atoms with van der Waals surface area (Å²) in [6.07, 6.45) is 1.26. The molecule has 0 aromatic heterocycles. The van der Waals surface area contributed by atoms with Gasteiger partial charge < -0.3 is 20.3 Å². The second-order valence-corrected chi connectivity index (χ2v) is 5.63. The van der Waals surface area contributed by atoms with Gasteiger partial charge in [-0.2, -0.15) is 0 Å². The van der Waals surface area contributed by atoms with Crippen LogP contribution in [0, 0.1) is 5.92 Å². The molecule has 6 heteroatoms. The van der Waals surface area contributed by atoms with Gasteiger partial charge in [0.2, 0.25) is 11.8 Å². The van der Waals surface area contributed by atoms with E-state index in [1.165, 1.54) is 0 Å². The fourth-order valence-electron chi connectivity index (χ4n) is 2.78. The summed E-state index contributed by atoms with van der Waals surface area (Å²) in [6, 6.07) is 7.42. The van der Waals surface area contributed by atoms with E-state index < -0.39 is 0 Å². The normalized spacial score (nSPS) is 17.7. The van der Waals surface area contributed by atoms with Crippen LogP contribution in [0.4, 0.5) is 5.69 Å². The summed E-state index contributed by atoms with van der Waals surface area (Å²) in [5.41, 5.74) is 0.698. The van der Waals surface area contributed by atoms with Crippen LogP contribution in [-0.4, -0.2) is 50.0 Å². The molecule has 2 amide bonds. The molecular weight excluding hydrogens is 294 g/mol. The third kappa shape index (κ3) is 4.96. The standard InChI is InChI=1S/C17H25N3O3/c1-3-23-15-7-5-4-6-14(15)19-16(21)9-11-20-10-8-13(12-20)17(22)18-2/h4-7,13H,3,8-12H2,1-2H3,(H,18,22)(H,19,21). The number of para-hydroxylation sites is 2. The number of nitrogens with one attached hydrogen (secondary N) is 2. The highest BCUT2D eigenvalue weighted by Crippen LogP contribution is 2.24. The van der Waals surface area contributed by atoms with Crippen LogP contribution in [0.1, 0.15) is 19.8 Å². The van der Waals surface area contributed by atoms with E-state index in [-0.39, 0.29) is 17.7 Å². The number of hydrogen-bond donors (Lipinski definition) is 2. The first-order valence-corrected chi connectivity index (χ1v) is 8.09. The number of nitrogens with zero attached hydrogens (tertiary/aromatic N) is 1. The van der Waals surface area contributed by atoms with Crippen LogP contribution in [-0.2, 0) is 9.59 Å². The van der Waals surface area contributed by atoms with Gasteiger partial charge in [0.15, 0.2) is 0 Å². The lowest BCUT2D eigenvalue weighted by Gasteiger charge is -2.16. The lowest BCUT2D eigenvalue weighted by Crippen LogP contribution is -2.31. The van der Waals surface area contributed by atoms with E-state index in [0.717, 1.165) is 19.5 Å². The number of anilines is 1. The largest absolute Gasteiger partial charge is 0.492 e. The van der Waals surface area contributed by atoms with Gasteiger partial charge in [0.1, 0.15) is 5.75 Å². The summed E-state index contributed by atoms with van der Waals surface area (Å²) in [7, 11) is 1.66. The minimum atomic E-state index is -0.0412. The van der Waals surface area contributed by atoms with E-state index in [2.05, 4.69) is 15.5 Å². The van der Waals surface area contributed by atoms with Gasteiger partial charge in [-0.25, -0.2) is 0 Å². The second kappa shape index (κ2) is 8.53. The second-order valence-electron chi connectivity index (χ2n) is 5.63. The Bertz CT molecular complexity index is 548. The minimum Gasteiger partial charge on any atom is -0.492 e. The lowest BCUT2D eigenvalue weighted by molar-refractivity contribution is -0.124. The van der Waals surface area contributed by atoms with Crippen molar-refractivity contribution in [3.8, 4) is 5.75 Å². The first-order chi connectivity index (χ1) is 11.1. The highest BCUT2D eigenvalue weighted by Gasteiger charge is 2.27. The van der Waals surface area contributed by atoms with E-state index in [9.17, 15) is 9.59 Å². The molecule has 2 rings (SSSR count). The maximum atomic E-state index is 12.1. The predicted octanol–water partition coefficient (Wildman–Crippen LogP) is 1.48. The van der Waals surface area contributed by atoms with Crippen molar-refractivity contribution < 1.29 is 14.3 Å². The molecular formula is C17H25N3O3. The topological polar surface area (TPSA) is 70.7 Å². The molecule has 1 fully saturated rings. The zero-order chi connectivity index (χ0) is 16.7. The fraction of sp³-hybridized carbons (Fsp3) is 0.529. The number of carbonyl (C=O) groups is 2. The molecule has 2 N–H and O–H groups in total. The lowest BCUT2D eigenvalue weighted by atomic mass is 10.1. The molecule has 6 nitrogen and oxygen atoms in total. The van der Waals surface area contributed by atoms with Gasteiger partial charge in [-0.05, 0) is 32.0 Å². The molecule has 1 aliphatic heterocycles. The molecule has 1 unspecified atom stereocenters. The van der Waals surface area contributed by atoms with Gasteiger partial charge in [-0.1, -0.05) is 12.1 Å². The third-order valence-corrected chi connectivity index (χ3v) is 4.01. The van der Waals surface area contributed by atoms with Crippen molar-refractivity contribution in [3.63, 3.8) is 0 Å². The van der Waals surface area contributed by atoms with Crippen molar-refractivity contribution in [2.24, 2.45) is 5.92 Å². The van der Waals surface area contributed by atoms with Crippen LogP contribution in [0.5, 0.6) is 5.75 Å². The summed E-state index contributed by atoms with van der Waals surface area (Å²) in [5.74, 6) is 0.772. The average molecular weight is 319 g/mol. The maximum absolute atomic E-state index is 12.1. The van der Waals surface area contributed by atoms with Crippen LogP contribution in [0.25, 0.3) is 0 Å². The molecule has 1 heterocycles. The van der Waals surface area contributed by atoms with E-state index in [1.54, 1.807) is 7.05 Å². The molecule has 1 saturated heterocycles. The van der Waals surface area contributed by atoms with Crippen molar-refractivity contribution >= 4 is 17.5 Å². The van der Waals surface area contributed by atoms with Gasteiger partial charge in [-0.3, -0.25) is 9.59 Å². The molecule has 1 aromatic rings. The number of carbonyl (C=O) groups excluding carboxylic acids is 2. The van der Waals surface area contributed by atoms with Gasteiger partial charge in [0.05, 0.1) is 18.2 Å². The number of ether oxygens (including phenoxy) is 1. The molecule has 0 spiro atoms. The first kappa shape index (κ1) is 17.3. The molecule has 0 saturated carbocycles. The molecule has 0 aliphatic carbocycles. The van der Waals surface area contributed by atoms with Crippen molar-refractivity contribution in [1.29, 1.82) is 0 Å². The molecule has 0 radical (unpaired) electrons. The molecule has 23 heavy (non-hydrogen) atoms. The van der Waals surface area contributed by atoms with Crippen LogP contribution < -0.4 is 15.4 Å². The highest BCUT2D eigenvalue weighted by molar-refractivity contribution is 5.92.